The Kier molecular flexibility index (Phi) is 3.60. The van der Waals surface area contributed by atoms with Crippen LogP contribution in [0.3, 0.4) is 0 Å². The van der Waals surface area contributed by atoms with Gasteiger partial charge in [-0.15, -0.1) is 6.42 Å². The fourth-order valence-electron chi connectivity index (χ4n) is 0.963. The van der Waals surface area contributed by atoms with Gasteiger partial charge in [0.1, 0.15) is 0 Å². The Morgan fingerprint density at radius 1 is 1.71 bits per heavy atom. The second-order valence-electron chi connectivity index (χ2n) is 2.52. The van der Waals surface area contributed by atoms with Gasteiger partial charge in [-0.2, -0.15) is 4.98 Å². The molecule has 0 aliphatic heterocycles. The maximum absolute atomic E-state index is 11.3. The van der Waals surface area contributed by atoms with Gasteiger partial charge in [0.05, 0.1) is 11.3 Å². The van der Waals surface area contributed by atoms with Crippen LogP contribution in [0.2, 0.25) is 0 Å². The zero-order valence-corrected chi connectivity index (χ0v) is 8.52. The van der Waals surface area contributed by atoms with E-state index in [-0.39, 0.29) is 11.4 Å². The number of aromatic amines is 1. The van der Waals surface area contributed by atoms with Gasteiger partial charge in [0.25, 0.3) is 5.56 Å². The first kappa shape index (κ1) is 10.7. The van der Waals surface area contributed by atoms with E-state index >= 15 is 0 Å². The van der Waals surface area contributed by atoms with Crippen molar-refractivity contribution < 1.29 is 5.11 Å². The third-order valence-electron chi connectivity index (χ3n) is 1.62. The molecule has 1 rings (SSSR count). The minimum Gasteiger partial charge on any atom is -0.493 e. The monoisotopic (exact) mass is 210 g/mol. The Labute approximate surface area is 85.8 Å². The molecular formula is C9H10N2O2S. The first-order chi connectivity index (χ1) is 6.69. The Balaban J connectivity index is 3.03. The molecule has 0 aromatic carbocycles. The van der Waals surface area contributed by atoms with Crippen LogP contribution in [0, 0.1) is 12.3 Å². The summed E-state index contributed by atoms with van der Waals surface area (Å²) in [6.45, 7) is 1.78. The molecule has 14 heavy (non-hydrogen) atoms. The Bertz CT molecular complexity index is 420. The lowest BCUT2D eigenvalue weighted by Crippen LogP contribution is -2.14. The van der Waals surface area contributed by atoms with Crippen molar-refractivity contribution >= 4 is 11.8 Å². The SMILES string of the molecule is C#CCSc1nc(O)c(CC)c(=O)[nH]1. The molecule has 0 saturated carbocycles. The molecule has 0 saturated heterocycles. The highest BCUT2D eigenvalue weighted by molar-refractivity contribution is 7.99. The lowest BCUT2D eigenvalue weighted by molar-refractivity contribution is 0.436. The van der Waals surface area contributed by atoms with Crippen molar-refractivity contribution in [2.45, 2.75) is 18.5 Å². The van der Waals surface area contributed by atoms with Crippen molar-refractivity contribution in [3.05, 3.63) is 15.9 Å². The van der Waals surface area contributed by atoms with Crippen molar-refractivity contribution in [2.75, 3.05) is 5.75 Å². The molecule has 1 heterocycles. The molecule has 4 nitrogen and oxygen atoms in total. The lowest BCUT2D eigenvalue weighted by atomic mass is 10.2. The van der Waals surface area contributed by atoms with Crippen LogP contribution >= 0.6 is 11.8 Å². The summed E-state index contributed by atoms with van der Waals surface area (Å²) >= 11 is 1.21. The predicted octanol–water partition coefficient (Wildman–Crippen LogP) is 0.763. The number of hydrogen-bond acceptors (Lipinski definition) is 4. The fraction of sp³-hybridized carbons (Fsp3) is 0.333. The number of aromatic hydroxyl groups is 1. The zero-order chi connectivity index (χ0) is 10.6. The Hall–Kier alpha value is -1.41. The number of terminal acetylenes is 1. The van der Waals surface area contributed by atoms with Gasteiger partial charge in [0.15, 0.2) is 5.16 Å². The lowest BCUT2D eigenvalue weighted by Gasteiger charge is -2.01. The molecule has 0 aliphatic rings. The van der Waals surface area contributed by atoms with E-state index in [0.29, 0.717) is 22.9 Å². The van der Waals surface area contributed by atoms with Crippen molar-refractivity contribution in [3.63, 3.8) is 0 Å². The number of hydrogen-bond donors (Lipinski definition) is 2. The number of H-pyrrole nitrogens is 1. The van der Waals surface area contributed by atoms with E-state index in [1.54, 1.807) is 6.92 Å². The van der Waals surface area contributed by atoms with Gasteiger partial charge in [0.2, 0.25) is 5.88 Å². The van der Waals surface area contributed by atoms with Gasteiger partial charge in [-0.25, -0.2) is 0 Å². The highest BCUT2D eigenvalue weighted by Crippen LogP contribution is 2.15. The predicted molar refractivity (Wildman–Crippen MR) is 55.5 cm³/mol. The summed E-state index contributed by atoms with van der Waals surface area (Å²) in [5, 5.41) is 9.73. The molecule has 0 atom stereocenters. The topological polar surface area (TPSA) is 66.0 Å². The third-order valence-corrected chi connectivity index (χ3v) is 2.40. The summed E-state index contributed by atoms with van der Waals surface area (Å²) in [5.41, 5.74) is -0.00502. The zero-order valence-electron chi connectivity index (χ0n) is 7.70. The minimum absolute atomic E-state index is 0.212. The molecule has 0 spiro atoms. The summed E-state index contributed by atoms with van der Waals surface area (Å²) in [4.78, 5) is 17.7. The fourth-order valence-corrected chi connectivity index (χ4v) is 1.50. The molecule has 0 fully saturated rings. The largest absolute Gasteiger partial charge is 0.493 e. The molecule has 0 radical (unpaired) electrons. The van der Waals surface area contributed by atoms with E-state index in [9.17, 15) is 9.90 Å². The summed E-state index contributed by atoms with van der Waals surface area (Å²) in [6, 6.07) is 0. The Morgan fingerprint density at radius 3 is 2.93 bits per heavy atom. The second-order valence-corrected chi connectivity index (χ2v) is 3.48. The molecule has 1 aromatic rings. The molecule has 0 unspecified atom stereocenters. The minimum atomic E-state index is -0.306. The van der Waals surface area contributed by atoms with E-state index in [4.69, 9.17) is 6.42 Å². The Morgan fingerprint density at radius 2 is 2.43 bits per heavy atom. The van der Waals surface area contributed by atoms with Gasteiger partial charge in [0, 0.05) is 0 Å². The first-order valence-corrected chi connectivity index (χ1v) is 5.06. The summed E-state index contributed by atoms with van der Waals surface area (Å²) in [7, 11) is 0. The van der Waals surface area contributed by atoms with Crippen molar-refractivity contribution in [1.29, 1.82) is 0 Å². The van der Waals surface area contributed by atoms with Crippen LogP contribution in [-0.2, 0) is 6.42 Å². The molecule has 1 aromatic heterocycles. The van der Waals surface area contributed by atoms with Crippen LogP contribution in [0.4, 0.5) is 0 Å². The smallest absolute Gasteiger partial charge is 0.258 e. The average molecular weight is 210 g/mol. The van der Waals surface area contributed by atoms with Gasteiger partial charge in [-0.1, -0.05) is 24.6 Å². The van der Waals surface area contributed by atoms with Crippen LogP contribution in [0.5, 0.6) is 5.88 Å². The normalized spacial score (nSPS) is 9.71. The van der Waals surface area contributed by atoms with E-state index in [1.807, 2.05) is 0 Å². The molecule has 74 valence electrons. The van der Waals surface area contributed by atoms with Gasteiger partial charge < -0.3 is 10.1 Å². The number of aromatic nitrogens is 2. The quantitative estimate of drug-likeness (QED) is 0.439. The van der Waals surface area contributed by atoms with Gasteiger partial charge in [-0.05, 0) is 6.42 Å². The molecule has 0 aliphatic carbocycles. The van der Waals surface area contributed by atoms with Crippen LogP contribution in [-0.4, -0.2) is 20.8 Å². The van der Waals surface area contributed by atoms with Gasteiger partial charge in [-0.3, -0.25) is 4.79 Å². The standard InChI is InChI=1S/C9H10N2O2S/c1-3-5-14-9-10-7(12)6(4-2)8(13)11-9/h1H,4-5H2,2H3,(H2,10,11,12,13). The summed E-state index contributed by atoms with van der Waals surface area (Å²) in [6.07, 6.45) is 5.51. The second kappa shape index (κ2) is 4.72. The van der Waals surface area contributed by atoms with Crippen molar-refractivity contribution in [2.24, 2.45) is 0 Å². The van der Waals surface area contributed by atoms with E-state index in [1.165, 1.54) is 11.8 Å². The van der Waals surface area contributed by atoms with Crippen LogP contribution < -0.4 is 5.56 Å². The molecule has 2 N–H and O–H groups in total. The molecule has 5 heteroatoms. The molecule has 0 amide bonds. The maximum Gasteiger partial charge on any atom is 0.258 e. The number of nitrogens with one attached hydrogen (secondary N) is 1. The number of nitrogens with zero attached hydrogens (tertiary/aromatic N) is 1. The summed E-state index contributed by atoms with van der Waals surface area (Å²) in [5.74, 6) is 2.60. The maximum atomic E-state index is 11.3. The number of rotatable bonds is 3. The molecule has 0 bridgehead atoms. The highest BCUT2D eigenvalue weighted by atomic mass is 32.2. The average Bonchev–Trinajstić information content (AvgIpc) is 2.14. The van der Waals surface area contributed by atoms with E-state index in [0.717, 1.165) is 0 Å². The van der Waals surface area contributed by atoms with E-state index < -0.39 is 0 Å². The van der Waals surface area contributed by atoms with E-state index in [2.05, 4.69) is 15.9 Å². The third kappa shape index (κ3) is 2.30. The van der Waals surface area contributed by atoms with Crippen LogP contribution in [0.15, 0.2) is 9.95 Å². The summed E-state index contributed by atoms with van der Waals surface area (Å²) < 4.78 is 0. The van der Waals surface area contributed by atoms with Crippen LogP contribution in [0.25, 0.3) is 0 Å². The molecular weight excluding hydrogens is 200 g/mol. The number of thioether (sulfide) groups is 1. The van der Waals surface area contributed by atoms with Crippen LogP contribution in [0.1, 0.15) is 12.5 Å². The first-order valence-electron chi connectivity index (χ1n) is 4.07. The van der Waals surface area contributed by atoms with Crippen molar-refractivity contribution in [1.82, 2.24) is 9.97 Å². The highest BCUT2D eigenvalue weighted by Gasteiger charge is 2.08. The van der Waals surface area contributed by atoms with Gasteiger partial charge >= 0.3 is 0 Å². The van der Waals surface area contributed by atoms with Crippen molar-refractivity contribution in [3.8, 4) is 18.2 Å².